The fourth-order valence-corrected chi connectivity index (χ4v) is 7.52. The monoisotopic (exact) mass is 874 g/mol. The molecule has 18 heteroatoms. The van der Waals surface area contributed by atoms with Crippen molar-refractivity contribution in [1.29, 1.82) is 0 Å². The number of nitrogens with one attached hydrogen (secondary N) is 3. The summed E-state index contributed by atoms with van der Waals surface area (Å²) in [5.41, 5.74) is 4.61. The molecule has 1 aliphatic carbocycles. The lowest BCUT2D eigenvalue weighted by molar-refractivity contribution is -0.291. The average molecular weight is 875 g/mol. The Morgan fingerprint density at radius 1 is 0.746 bits per heavy atom. The minimum Gasteiger partial charge on any atom is -0.483 e. The SMILES string of the molecule is O=C(CCC(NC(=O)OCC1c2ccccc2-c2ccccc21)C(=O)O)NCCCOCCOCCOCCCNC(=O)COc1cccc2c1C(=O)N(C1CCCOOC1)C2=O. The van der Waals surface area contributed by atoms with Gasteiger partial charge in [-0.25, -0.2) is 19.4 Å². The van der Waals surface area contributed by atoms with Gasteiger partial charge in [-0.3, -0.25) is 24.1 Å². The Balaban J connectivity index is 0.729. The molecule has 0 bridgehead atoms. The van der Waals surface area contributed by atoms with Gasteiger partial charge < -0.3 is 44.7 Å². The first-order chi connectivity index (χ1) is 30.7. The van der Waals surface area contributed by atoms with Crippen molar-refractivity contribution in [3.8, 4) is 16.9 Å². The third-order valence-electron chi connectivity index (χ3n) is 10.7. The van der Waals surface area contributed by atoms with Crippen molar-refractivity contribution in [3.05, 3.63) is 89.0 Å². The summed E-state index contributed by atoms with van der Waals surface area (Å²) in [6, 6.07) is 18.8. The average Bonchev–Trinajstić information content (AvgIpc) is 3.57. The molecular formula is C45H54N4O14. The topological polar surface area (TPSA) is 227 Å². The van der Waals surface area contributed by atoms with Gasteiger partial charge >= 0.3 is 12.1 Å². The van der Waals surface area contributed by atoms with Crippen LogP contribution in [-0.2, 0) is 43.1 Å². The van der Waals surface area contributed by atoms with E-state index < -0.39 is 36.0 Å². The number of carbonyl (C=O) groups is 6. The van der Waals surface area contributed by atoms with Crippen LogP contribution < -0.4 is 20.7 Å². The molecule has 0 spiro atoms. The van der Waals surface area contributed by atoms with E-state index in [1.807, 2.05) is 48.5 Å². The number of amides is 5. The summed E-state index contributed by atoms with van der Waals surface area (Å²) in [6.45, 7) is 3.07. The fourth-order valence-electron chi connectivity index (χ4n) is 7.52. The number of carboxylic acids is 1. The van der Waals surface area contributed by atoms with Gasteiger partial charge in [0.15, 0.2) is 6.61 Å². The Bertz CT molecular complexity index is 2010. The quantitative estimate of drug-likeness (QED) is 0.0542. The number of hydrogen-bond donors (Lipinski definition) is 4. The smallest absolute Gasteiger partial charge is 0.407 e. The highest BCUT2D eigenvalue weighted by Crippen LogP contribution is 2.44. The molecule has 63 heavy (non-hydrogen) atoms. The van der Waals surface area contributed by atoms with Crippen LogP contribution >= 0.6 is 0 Å². The van der Waals surface area contributed by atoms with Crippen LogP contribution in [0.15, 0.2) is 66.7 Å². The molecule has 0 saturated carbocycles. The summed E-state index contributed by atoms with van der Waals surface area (Å²) < 4.78 is 27.7. The molecule has 3 aromatic rings. The number of ether oxygens (including phenoxy) is 5. The number of hydrogen-bond acceptors (Lipinski definition) is 13. The van der Waals surface area contributed by atoms with Crippen molar-refractivity contribution >= 4 is 35.7 Å². The molecule has 1 fully saturated rings. The highest BCUT2D eigenvalue weighted by Gasteiger charge is 2.42. The lowest BCUT2D eigenvalue weighted by atomic mass is 9.98. The predicted molar refractivity (Wildman–Crippen MR) is 224 cm³/mol. The summed E-state index contributed by atoms with van der Waals surface area (Å²) in [7, 11) is 0. The standard InChI is InChI=1S/C45H54N4O14/c50-39(17-16-37(44(54)55)48-45(56)61-28-36-33-12-3-1-10-31(33)32-11-2-4-13-34(32)36)46-18-7-20-57-23-25-59-26-24-58-21-8-19-47-40(51)29-60-38-15-5-14-35-41(38)43(53)49(42(35)52)30-9-6-22-62-63-27-30/h1-5,10-15,30,36-37H,6-9,16-29H2,(H,46,50)(H,47,51)(H,48,56)(H,54,55). The second kappa shape index (κ2) is 24.1. The molecule has 2 atom stereocenters. The van der Waals surface area contributed by atoms with Crippen LogP contribution in [0.25, 0.3) is 11.1 Å². The van der Waals surface area contributed by atoms with Crippen LogP contribution in [0.2, 0.25) is 0 Å². The molecule has 3 aromatic carbocycles. The predicted octanol–water partition coefficient (Wildman–Crippen LogP) is 3.61. The zero-order valence-electron chi connectivity index (χ0n) is 35.0. The number of carboxylic acid groups (broad SMARTS) is 1. The van der Waals surface area contributed by atoms with Crippen molar-refractivity contribution in [3.63, 3.8) is 0 Å². The van der Waals surface area contributed by atoms with Crippen LogP contribution in [0.4, 0.5) is 4.79 Å². The summed E-state index contributed by atoms with van der Waals surface area (Å²) >= 11 is 0. The first-order valence-corrected chi connectivity index (χ1v) is 21.2. The number of fused-ring (bicyclic) bond motifs is 4. The lowest BCUT2D eigenvalue weighted by Crippen LogP contribution is -2.42. The Labute approximate surface area is 364 Å². The molecule has 338 valence electrons. The van der Waals surface area contributed by atoms with Crippen molar-refractivity contribution < 1.29 is 67.3 Å². The maximum atomic E-state index is 13.2. The minimum absolute atomic E-state index is 0.0461. The number of aliphatic carboxylic acids is 1. The van der Waals surface area contributed by atoms with Gasteiger partial charge in [-0.1, -0.05) is 54.6 Å². The molecule has 18 nitrogen and oxygen atoms in total. The van der Waals surface area contributed by atoms with E-state index in [1.54, 1.807) is 18.2 Å². The van der Waals surface area contributed by atoms with E-state index in [2.05, 4.69) is 16.0 Å². The third kappa shape index (κ3) is 13.1. The number of nitrogens with zero attached hydrogens (tertiary/aromatic N) is 1. The first kappa shape index (κ1) is 46.6. The molecule has 3 aliphatic rings. The highest BCUT2D eigenvalue weighted by molar-refractivity contribution is 6.22. The van der Waals surface area contributed by atoms with Crippen LogP contribution in [0.5, 0.6) is 5.75 Å². The van der Waals surface area contributed by atoms with Crippen LogP contribution in [0.3, 0.4) is 0 Å². The lowest BCUT2D eigenvalue weighted by Gasteiger charge is -2.23. The Hall–Kier alpha value is -5.92. The van der Waals surface area contributed by atoms with Gasteiger partial charge in [0.25, 0.3) is 17.7 Å². The van der Waals surface area contributed by atoms with E-state index in [-0.39, 0.29) is 67.3 Å². The molecule has 0 aromatic heterocycles. The minimum atomic E-state index is -1.29. The van der Waals surface area contributed by atoms with E-state index in [0.29, 0.717) is 85.0 Å². The van der Waals surface area contributed by atoms with Gasteiger partial charge in [0.2, 0.25) is 5.91 Å². The van der Waals surface area contributed by atoms with Gasteiger partial charge in [-0.05, 0) is 66.5 Å². The van der Waals surface area contributed by atoms with Gasteiger partial charge in [-0.15, -0.1) is 0 Å². The van der Waals surface area contributed by atoms with E-state index in [4.69, 9.17) is 33.5 Å². The summed E-state index contributed by atoms with van der Waals surface area (Å²) in [6.07, 6.45) is 1.24. The van der Waals surface area contributed by atoms with Gasteiger partial charge in [-0.2, -0.15) is 0 Å². The second-order valence-electron chi connectivity index (χ2n) is 15.0. The maximum absolute atomic E-state index is 13.2. The fraction of sp³-hybridized carbons (Fsp3) is 0.467. The molecular weight excluding hydrogens is 821 g/mol. The van der Waals surface area contributed by atoms with Gasteiger partial charge in [0.05, 0.1) is 50.2 Å². The Kier molecular flexibility index (Phi) is 17.8. The number of alkyl carbamates (subject to hydrolysis) is 1. The Morgan fingerprint density at radius 2 is 1.37 bits per heavy atom. The normalized spacial score (nSPS) is 16.1. The van der Waals surface area contributed by atoms with Gasteiger partial charge in [0, 0.05) is 38.6 Å². The molecule has 4 N–H and O–H groups in total. The van der Waals surface area contributed by atoms with Crippen LogP contribution in [0.1, 0.15) is 76.3 Å². The highest BCUT2D eigenvalue weighted by atomic mass is 17.2. The van der Waals surface area contributed by atoms with Crippen molar-refractivity contribution in [2.45, 2.75) is 56.5 Å². The third-order valence-corrected chi connectivity index (χ3v) is 10.7. The first-order valence-electron chi connectivity index (χ1n) is 21.2. The number of rotatable bonds is 25. The zero-order chi connectivity index (χ0) is 44.4. The van der Waals surface area contributed by atoms with E-state index in [1.165, 1.54) is 4.90 Å². The summed E-state index contributed by atoms with van der Waals surface area (Å²) in [5, 5.41) is 17.5. The second-order valence-corrected chi connectivity index (χ2v) is 15.0. The largest absolute Gasteiger partial charge is 0.483 e. The van der Waals surface area contributed by atoms with Crippen molar-refractivity contribution in [2.24, 2.45) is 0 Å². The van der Waals surface area contributed by atoms with Gasteiger partial charge in [0.1, 0.15) is 25.0 Å². The molecule has 6 rings (SSSR count). The molecule has 5 amide bonds. The molecule has 2 aliphatic heterocycles. The van der Waals surface area contributed by atoms with Crippen molar-refractivity contribution in [2.75, 3.05) is 79.2 Å². The zero-order valence-corrected chi connectivity index (χ0v) is 35.0. The van der Waals surface area contributed by atoms with E-state index >= 15 is 0 Å². The molecule has 1 saturated heterocycles. The number of carbonyl (C=O) groups excluding carboxylic acids is 5. The molecule has 0 radical (unpaired) electrons. The van der Waals surface area contributed by atoms with E-state index in [9.17, 15) is 33.9 Å². The maximum Gasteiger partial charge on any atom is 0.407 e. The van der Waals surface area contributed by atoms with E-state index in [0.717, 1.165) is 22.3 Å². The van der Waals surface area contributed by atoms with Crippen LogP contribution in [0, 0.1) is 0 Å². The molecule has 2 heterocycles. The number of imide groups is 1. The summed E-state index contributed by atoms with van der Waals surface area (Å²) in [4.78, 5) is 86.7. The summed E-state index contributed by atoms with van der Waals surface area (Å²) in [5.74, 6) is -2.89. The van der Waals surface area contributed by atoms with Crippen LogP contribution in [-0.4, -0.2) is 137 Å². The number of benzene rings is 3. The molecule has 2 unspecified atom stereocenters. The van der Waals surface area contributed by atoms with Crippen molar-refractivity contribution in [1.82, 2.24) is 20.9 Å². The Morgan fingerprint density at radius 3 is 2.03 bits per heavy atom.